The van der Waals surface area contributed by atoms with Crippen LogP contribution >= 0.6 is 0 Å². The molecule has 0 aliphatic carbocycles. The van der Waals surface area contributed by atoms with E-state index in [-0.39, 0.29) is 0 Å². The first kappa shape index (κ1) is 10.7. The van der Waals surface area contributed by atoms with E-state index in [1.165, 1.54) is 6.69 Å². The molecule has 10 heavy (non-hydrogen) atoms. The average Bonchev–Trinajstić information content (AvgIpc) is 1.98. The van der Waals surface area contributed by atoms with Crippen LogP contribution in [0.1, 0.15) is 6.92 Å². The second kappa shape index (κ2) is 7.80. The van der Waals surface area contributed by atoms with Crippen molar-refractivity contribution in [3.8, 4) is 0 Å². The van der Waals surface area contributed by atoms with Crippen molar-refractivity contribution in [1.82, 2.24) is 0 Å². The molecule has 1 radical (unpaired) electrons. The second-order valence-corrected chi connectivity index (χ2v) is 3.19. The minimum atomic E-state index is -0.817. The summed E-state index contributed by atoms with van der Waals surface area (Å²) in [6, 6.07) is 0. The number of rotatable bonds is 4. The summed E-state index contributed by atoms with van der Waals surface area (Å²) in [6.45, 7) is 8.46. The minimum absolute atomic E-state index is 0.663. The van der Waals surface area contributed by atoms with Crippen LogP contribution in [0.3, 0.4) is 0 Å². The van der Waals surface area contributed by atoms with Gasteiger partial charge in [-0.25, -0.2) is 0 Å². The molecule has 8 heteroatoms. The molecule has 1 unspecified atom stereocenters. The maximum atomic E-state index is 10.7. The third-order valence-electron chi connectivity index (χ3n) is 0.848. The molecule has 1 atom stereocenters. The van der Waals surface area contributed by atoms with E-state index in [0.29, 0.717) is 5.75 Å². The van der Waals surface area contributed by atoms with Crippen molar-refractivity contribution < 1.29 is 4.55 Å². The molecule has 43 valence electrons. The van der Waals surface area contributed by atoms with Gasteiger partial charge < -0.3 is 0 Å². The third kappa shape index (κ3) is 6.81. The molecule has 1 nitrogen and oxygen atoms in total. The summed E-state index contributed by atoms with van der Waals surface area (Å²) in [5, 5.41) is 0. The molecule has 0 spiro atoms. The van der Waals surface area contributed by atoms with E-state index in [1.807, 2.05) is 6.92 Å². The van der Waals surface area contributed by atoms with E-state index < -0.39 is 11.0 Å². The average molecular weight is 142 g/mol. The zero-order valence-electron chi connectivity index (χ0n) is 5.99. The Bertz CT molecular complexity index is 145. The molecule has 0 fully saturated rings. The zero-order chi connectivity index (χ0) is 7.82. The summed E-state index contributed by atoms with van der Waals surface area (Å²) in [7, 11) is 5.06. The molecule has 0 N–H and O–H groups in total. The van der Waals surface area contributed by atoms with Gasteiger partial charge in [-0.2, -0.15) is 0 Å². The summed E-state index contributed by atoms with van der Waals surface area (Å²) in [4.78, 5) is 0. The van der Waals surface area contributed by atoms with Gasteiger partial charge in [0.25, 0.3) is 0 Å². The Kier molecular flexibility index (Phi) is 8.35. The molecule has 0 aliphatic heterocycles. The molecule has 0 bridgehead atoms. The Morgan fingerprint density at radius 3 is 2.60 bits per heavy atom. The van der Waals surface area contributed by atoms with Crippen molar-refractivity contribution in [2.45, 2.75) is 6.92 Å². The summed E-state index contributed by atoms with van der Waals surface area (Å²) in [5.74, 6) is 0.663. The molecule has 0 aromatic carbocycles. The summed E-state index contributed by atoms with van der Waals surface area (Å²) < 4.78 is 10.7. The van der Waals surface area contributed by atoms with Crippen LogP contribution in [0.15, 0.2) is 0 Å². The van der Waals surface area contributed by atoms with Gasteiger partial charge in [0.2, 0.25) is 0 Å². The van der Waals surface area contributed by atoms with Gasteiger partial charge in [0.1, 0.15) is 0 Å². The molecule has 0 aromatic heterocycles. The van der Waals surface area contributed by atoms with Gasteiger partial charge in [-0.05, 0) is 0 Å². The van der Waals surface area contributed by atoms with Crippen LogP contribution in [-0.4, -0.2) is 50.5 Å². The first-order valence-corrected chi connectivity index (χ1v) is 4.45. The Hall–Kier alpha value is 0.700. The summed E-state index contributed by atoms with van der Waals surface area (Å²) >= 11 is -0.817. The second-order valence-electron chi connectivity index (χ2n) is 1.58. The van der Waals surface area contributed by atoms with E-state index >= 15 is 0 Å². The molecular weight excluding hydrogens is 137 g/mol. The number of hydrogen-bond acceptors (Lipinski definition) is 1. The van der Waals surface area contributed by atoms with Crippen LogP contribution in [0.5, 0.6) is 0 Å². The molecule has 0 aromatic rings. The Morgan fingerprint density at radius 2 is 2.10 bits per heavy atom. The van der Waals surface area contributed by atoms with E-state index in [0.717, 1.165) is 0 Å². The van der Waals surface area contributed by atoms with E-state index in [2.05, 4.69) is 0 Å². The fourth-order valence-corrected chi connectivity index (χ4v) is 0.816. The van der Waals surface area contributed by atoms with Gasteiger partial charge in [-0.1, -0.05) is 0 Å². The fourth-order valence-electron chi connectivity index (χ4n) is 0.358. The summed E-state index contributed by atoms with van der Waals surface area (Å²) in [6.07, 6.45) is 1.64. The Labute approximate surface area is 68.9 Å². The van der Waals surface area contributed by atoms with Crippen LogP contribution in [0, 0.1) is 0 Å². The van der Waals surface area contributed by atoms with E-state index in [1.54, 1.807) is 26.2 Å². The quantitative estimate of drug-likeness (QED) is 0.327. The monoisotopic (exact) mass is 143 g/mol. The van der Waals surface area contributed by atoms with E-state index in [4.69, 9.17) is 7.37 Å². The van der Waals surface area contributed by atoms with Gasteiger partial charge >= 0.3 is 68.5 Å². The Morgan fingerprint density at radius 1 is 1.40 bits per heavy atom. The molecule has 0 saturated carbocycles. The topological polar surface area (TPSA) is 23.1 Å². The van der Waals surface area contributed by atoms with Crippen molar-refractivity contribution >= 4 is 51.2 Å². The Balaban J connectivity index is 3.54. The molecule has 0 rings (SSSR count). The predicted molar refractivity (Wildman–Crippen MR) is 53.2 cm³/mol. The van der Waals surface area contributed by atoms with Gasteiger partial charge in [0.15, 0.2) is 0 Å². The van der Waals surface area contributed by atoms with Crippen molar-refractivity contribution in [1.29, 1.82) is 0 Å². The van der Waals surface area contributed by atoms with E-state index in [9.17, 15) is 4.55 Å². The molecular formula is C2H5B6OS. The summed E-state index contributed by atoms with van der Waals surface area (Å²) in [5.41, 5.74) is 0. The molecule has 0 saturated heterocycles. The van der Waals surface area contributed by atoms with Gasteiger partial charge in [0.05, 0.1) is 0 Å². The van der Waals surface area contributed by atoms with Gasteiger partial charge in [0, 0.05) is 0 Å². The van der Waals surface area contributed by atoms with Crippen LogP contribution in [0.25, 0.3) is 0 Å². The normalized spacial score (nSPS) is 10.9. The van der Waals surface area contributed by atoms with Crippen LogP contribution in [0.2, 0.25) is 0 Å². The van der Waals surface area contributed by atoms with Crippen molar-refractivity contribution in [2.75, 3.05) is 5.75 Å². The predicted octanol–water partition coefficient (Wildman–Crippen LogP) is -2.07. The zero-order valence-corrected chi connectivity index (χ0v) is 6.80. The SMILES string of the molecule is [B]=BB=BB=B[S+]([O-])CC. The third-order valence-corrected chi connectivity index (χ3v) is 1.88. The van der Waals surface area contributed by atoms with Crippen molar-refractivity contribution in [3.05, 3.63) is 0 Å². The van der Waals surface area contributed by atoms with Crippen molar-refractivity contribution in [2.24, 2.45) is 0 Å². The molecule has 0 amide bonds. The first-order chi connectivity index (χ1) is 4.81. The van der Waals surface area contributed by atoms with Crippen molar-refractivity contribution in [3.63, 3.8) is 0 Å². The van der Waals surface area contributed by atoms with Crippen LogP contribution in [0.4, 0.5) is 0 Å². The van der Waals surface area contributed by atoms with Gasteiger partial charge in [-0.3, -0.25) is 0 Å². The number of hydrogen-bond donors (Lipinski definition) is 0. The molecule has 0 aliphatic rings. The standard InChI is InChI=1S/C2H5B6OS/c1-2-10(9)8-7-6-5-4-3/h2H2,1H3. The first-order valence-electron chi connectivity index (χ1n) is 3.06. The molecule has 0 heterocycles. The maximum absolute atomic E-state index is 10.7. The van der Waals surface area contributed by atoms with Gasteiger partial charge in [-0.15, -0.1) is 0 Å². The van der Waals surface area contributed by atoms with Crippen LogP contribution in [-0.2, 0) is 11.0 Å². The fraction of sp³-hybridized carbons (Fsp3) is 1.00. The van der Waals surface area contributed by atoms with Crippen LogP contribution < -0.4 is 0 Å².